The second-order valence-electron chi connectivity index (χ2n) is 4.63. The van der Waals surface area contributed by atoms with Crippen LogP contribution in [0.4, 0.5) is 0 Å². The molecule has 1 atom stereocenters. The molecule has 0 aromatic heterocycles. The van der Waals surface area contributed by atoms with Crippen molar-refractivity contribution in [3.8, 4) is 0 Å². The molecule has 2 rings (SSSR count). The van der Waals surface area contributed by atoms with E-state index in [9.17, 15) is 4.79 Å². The molecule has 0 heterocycles. The van der Waals surface area contributed by atoms with E-state index in [0.29, 0.717) is 12.1 Å². The van der Waals surface area contributed by atoms with E-state index in [1.54, 1.807) is 0 Å². The number of hydrogen-bond acceptors (Lipinski definition) is 2. The summed E-state index contributed by atoms with van der Waals surface area (Å²) in [5, 5.41) is 9.05. The third kappa shape index (κ3) is 1.65. The van der Waals surface area contributed by atoms with Gasteiger partial charge in [0.15, 0.2) is 0 Å². The van der Waals surface area contributed by atoms with Gasteiger partial charge in [0.2, 0.25) is 0 Å². The summed E-state index contributed by atoms with van der Waals surface area (Å²) in [6.45, 7) is 1.83. The Morgan fingerprint density at radius 2 is 1.64 bits per heavy atom. The monoisotopic (exact) mass is 197 g/mol. The summed E-state index contributed by atoms with van der Waals surface area (Å²) in [5.74, 6) is -0.663. The van der Waals surface area contributed by atoms with Crippen LogP contribution in [-0.4, -0.2) is 34.1 Å². The first-order valence-electron chi connectivity index (χ1n) is 5.70. The molecule has 0 aliphatic heterocycles. The lowest BCUT2D eigenvalue weighted by Crippen LogP contribution is -2.55. The molecule has 14 heavy (non-hydrogen) atoms. The highest BCUT2D eigenvalue weighted by Crippen LogP contribution is 2.35. The number of nitrogens with zero attached hydrogens (tertiary/aromatic N) is 1. The summed E-state index contributed by atoms with van der Waals surface area (Å²) >= 11 is 0. The molecule has 2 aliphatic rings. The maximum atomic E-state index is 11.0. The van der Waals surface area contributed by atoms with Crippen molar-refractivity contribution in [1.29, 1.82) is 0 Å². The maximum absolute atomic E-state index is 11.0. The molecule has 1 N–H and O–H groups in total. The van der Waals surface area contributed by atoms with Crippen molar-refractivity contribution >= 4 is 5.97 Å². The van der Waals surface area contributed by atoms with Crippen LogP contribution in [0.2, 0.25) is 0 Å². The van der Waals surface area contributed by atoms with E-state index < -0.39 is 5.97 Å². The van der Waals surface area contributed by atoms with Crippen LogP contribution in [0.3, 0.4) is 0 Å². The Morgan fingerprint density at radius 3 is 1.86 bits per heavy atom. The van der Waals surface area contributed by atoms with E-state index in [1.807, 2.05) is 6.92 Å². The molecule has 0 aromatic rings. The van der Waals surface area contributed by atoms with Crippen LogP contribution in [-0.2, 0) is 4.79 Å². The van der Waals surface area contributed by atoms with Crippen molar-refractivity contribution in [3.05, 3.63) is 0 Å². The molecule has 3 heteroatoms. The highest BCUT2D eigenvalue weighted by Gasteiger charge is 2.38. The second-order valence-corrected chi connectivity index (χ2v) is 4.63. The third-order valence-corrected chi connectivity index (χ3v) is 3.80. The minimum atomic E-state index is -0.663. The first-order valence-corrected chi connectivity index (χ1v) is 5.70. The predicted octanol–water partition coefficient (Wildman–Crippen LogP) is 1.87. The Kier molecular flexibility index (Phi) is 2.77. The summed E-state index contributed by atoms with van der Waals surface area (Å²) in [6, 6.07) is 0.836. The largest absolute Gasteiger partial charge is 0.480 e. The molecule has 0 bridgehead atoms. The first-order chi connectivity index (χ1) is 6.70. The molecule has 0 radical (unpaired) electrons. The van der Waals surface area contributed by atoms with Crippen molar-refractivity contribution < 1.29 is 9.90 Å². The van der Waals surface area contributed by atoms with Crippen LogP contribution in [0.15, 0.2) is 0 Å². The van der Waals surface area contributed by atoms with Crippen LogP contribution in [0.25, 0.3) is 0 Å². The molecule has 0 unspecified atom stereocenters. The number of rotatable bonds is 4. The lowest BCUT2D eigenvalue weighted by molar-refractivity contribution is -0.147. The van der Waals surface area contributed by atoms with E-state index in [4.69, 9.17) is 5.11 Å². The Morgan fingerprint density at radius 1 is 1.21 bits per heavy atom. The summed E-state index contributed by atoms with van der Waals surface area (Å²) in [4.78, 5) is 13.2. The topological polar surface area (TPSA) is 40.5 Å². The van der Waals surface area contributed by atoms with E-state index in [0.717, 1.165) is 0 Å². The van der Waals surface area contributed by atoms with Gasteiger partial charge in [0.1, 0.15) is 6.04 Å². The van der Waals surface area contributed by atoms with Crippen LogP contribution < -0.4 is 0 Å². The average molecular weight is 197 g/mol. The van der Waals surface area contributed by atoms with Gasteiger partial charge >= 0.3 is 5.97 Å². The van der Waals surface area contributed by atoms with Crippen molar-refractivity contribution in [1.82, 2.24) is 4.90 Å². The Hall–Kier alpha value is -0.570. The minimum absolute atomic E-state index is 0.286. The van der Waals surface area contributed by atoms with Gasteiger partial charge in [-0.2, -0.15) is 0 Å². The fourth-order valence-electron chi connectivity index (χ4n) is 2.43. The van der Waals surface area contributed by atoms with E-state index in [1.165, 1.54) is 38.5 Å². The highest BCUT2D eigenvalue weighted by atomic mass is 16.4. The molecule has 0 amide bonds. The molecule has 2 aliphatic carbocycles. The minimum Gasteiger partial charge on any atom is -0.480 e. The SMILES string of the molecule is C[C@@H](C(=O)O)N(C1CCC1)C1CCC1. The van der Waals surface area contributed by atoms with E-state index in [-0.39, 0.29) is 6.04 Å². The molecular weight excluding hydrogens is 178 g/mol. The molecule has 2 saturated carbocycles. The fraction of sp³-hybridized carbons (Fsp3) is 0.909. The molecule has 0 spiro atoms. The number of hydrogen-bond donors (Lipinski definition) is 1. The van der Waals surface area contributed by atoms with Crippen molar-refractivity contribution in [3.63, 3.8) is 0 Å². The number of carbonyl (C=O) groups is 1. The molecule has 0 saturated heterocycles. The van der Waals surface area contributed by atoms with Gasteiger partial charge < -0.3 is 5.11 Å². The predicted molar refractivity (Wildman–Crippen MR) is 54.2 cm³/mol. The highest BCUT2D eigenvalue weighted by molar-refractivity contribution is 5.73. The zero-order valence-corrected chi connectivity index (χ0v) is 8.78. The molecule has 2 fully saturated rings. The van der Waals surface area contributed by atoms with Gasteiger partial charge in [-0.15, -0.1) is 0 Å². The van der Waals surface area contributed by atoms with Crippen LogP contribution in [0, 0.1) is 0 Å². The lowest BCUT2D eigenvalue weighted by Gasteiger charge is -2.48. The second kappa shape index (κ2) is 3.89. The van der Waals surface area contributed by atoms with E-state index in [2.05, 4.69) is 4.90 Å². The summed E-state index contributed by atoms with van der Waals surface area (Å²) in [6.07, 6.45) is 7.37. The lowest BCUT2D eigenvalue weighted by atomic mass is 9.83. The van der Waals surface area contributed by atoms with Crippen molar-refractivity contribution in [2.45, 2.75) is 63.6 Å². The maximum Gasteiger partial charge on any atom is 0.320 e. The average Bonchev–Trinajstić information content (AvgIpc) is 1.94. The Balaban J connectivity index is 2.00. The zero-order valence-electron chi connectivity index (χ0n) is 8.78. The van der Waals surface area contributed by atoms with Gasteiger partial charge in [-0.05, 0) is 32.6 Å². The van der Waals surface area contributed by atoms with Gasteiger partial charge in [0.25, 0.3) is 0 Å². The van der Waals surface area contributed by atoms with Crippen LogP contribution in [0.1, 0.15) is 45.4 Å². The van der Waals surface area contributed by atoms with Gasteiger partial charge in [0, 0.05) is 12.1 Å². The molecule has 80 valence electrons. The number of carboxylic acids is 1. The van der Waals surface area contributed by atoms with E-state index >= 15 is 0 Å². The third-order valence-electron chi connectivity index (χ3n) is 3.80. The molecule has 3 nitrogen and oxygen atoms in total. The van der Waals surface area contributed by atoms with Gasteiger partial charge in [0.05, 0.1) is 0 Å². The van der Waals surface area contributed by atoms with Gasteiger partial charge in [-0.1, -0.05) is 12.8 Å². The molecular formula is C11H19NO2. The molecule has 0 aromatic carbocycles. The standard InChI is InChI=1S/C11H19NO2/c1-8(11(13)14)12(9-4-2-5-9)10-6-3-7-10/h8-10H,2-7H2,1H3,(H,13,14)/t8-/m0/s1. The summed E-state index contributed by atoms with van der Waals surface area (Å²) < 4.78 is 0. The number of carboxylic acid groups (broad SMARTS) is 1. The normalized spacial score (nSPS) is 25.6. The Bertz CT molecular complexity index is 207. The van der Waals surface area contributed by atoms with Gasteiger partial charge in [-0.3, -0.25) is 9.69 Å². The summed E-state index contributed by atoms with van der Waals surface area (Å²) in [5.41, 5.74) is 0. The van der Waals surface area contributed by atoms with Crippen molar-refractivity contribution in [2.75, 3.05) is 0 Å². The fourth-order valence-corrected chi connectivity index (χ4v) is 2.43. The van der Waals surface area contributed by atoms with Gasteiger partial charge in [-0.25, -0.2) is 0 Å². The first kappa shape index (κ1) is 9.97. The Labute approximate surface area is 85.1 Å². The number of aliphatic carboxylic acids is 1. The van der Waals surface area contributed by atoms with Crippen LogP contribution in [0.5, 0.6) is 0 Å². The van der Waals surface area contributed by atoms with Crippen LogP contribution >= 0.6 is 0 Å². The quantitative estimate of drug-likeness (QED) is 0.748. The summed E-state index contributed by atoms with van der Waals surface area (Å²) in [7, 11) is 0. The zero-order chi connectivity index (χ0) is 10.1. The van der Waals surface area contributed by atoms with Crippen molar-refractivity contribution in [2.24, 2.45) is 0 Å². The smallest absolute Gasteiger partial charge is 0.320 e.